The van der Waals surface area contributed by atoms with E-state index in [0.717, 1.165) is 21.3 Å². The van der Waals surface area contributed by atoms with Crippen LogP contribution in [0.25, 0.3) is 0 Å². The van der Waals surface area contributed by atoms with Crippen LogP contribution in [-0.4, -0.2) is 26.7 Å². The van der Waals surface area contributed by atoms with Gasteiger partial charge in [-0.2, -0.15) is 0 Å². The van der Waals surface area contributed by atoms with Crippen molar-refractivity contribution in [2.24, 2.45) is 0 Å². The lowest BCUT2D eigenvalue weighted by atomic mass is 9.89. The van der Waals surface area contributed by atoms with Gasteiger partial charge in [0.05, 0.1) is 21.3 Å². The quantitative estimate of drug-likeness (QED) is 0.593. The van der Waals surface area contributed by atoms with Gasteiger partial charge < -0.3 is 14.8 Å². The first-order valence-electron chi connectivity index (χ1n) is 9.91. The Morgan fingerprint density at radius 1 is 1.17 bits per heavy atom. The number of anilines is 1. The Morgan fingerprint density at radius 2 is 1.93 bits per heavy atom. The fraction of sp³-hybridized carbons (Fsp3) is 0.348. The third kappa shape index (κ3) is 3.99. The first-order valence-corrected chi connectivity index (χ1v) is 14.2. The van der Waals surface area contributed by atoms with Crippen LogP contribution in [0.4, 0.5) is 5.69 Å². The monoisotopic (exact) mass is 471 g/mol. The number of rotatable bonds is 5. The summed E-state index contributed by atoms with van der Waals surface area (Å²) in [6.07, 6.45) is 2.53. The first-order chi connectivity index (χ1) is 13.8. The number of hydrogen-bond acceptors (Lipinski definition) is 3. The number of carbonyl (C=O) groups excluding carboxylic acids is 1. The van der Waals surface area contributed by atoms with E-state index in [9.17, 15) is 4.79 Å². The third-order valence-electron chi connectivity index (χ3n) is 5.57. The highest BCUT2D eigenvalue weighted by atomic mass is 79.9. The molecule has 2 aliphatic heterocycles. The maximum Gasteiger partial charge on any atom is 0.261 e. The van der Waals surface area contributed by atoms with Gasteiger partial charge in [-0.15, -0.1) is 0 Å². The van der Waals surface area contributed by atoms with Crippen LogP contribution in [0.15, 0.2) is 64.3 Å². The molecule has 2 atom stereocenters. The summed E-state index contributed by atoms with van der Waals surface area (Å²) in [7, 11) is -1.63. The van der Waals surface area contributed by atoms with Gasteiger partial charge in [-0.05, 0) is 17.7 Å². The molecule has 0 radical (unpaired) electrons. The number of hydrogen-bond donors (Lipinski definition) is 1. The highest BCUT2D eigenvalue weighted by molar-refractivity contribution is 9.10. The van der Waals surface area contributed by atoms with E-state index < -0.39 is 13.7 Å². The molecule has 1 amide bonds. The predicted octanol–water partition coefficient (Wildman–Crippen LogP) is 5.41. The van der Waals surface area contributed by atoms with E-state index in [4.69, 9.17) is 9.47 Å². The predicted molar refractivity (Wildman–Crippen MR) is 121 cm³/mol. The zero-order valence-corrected chi connectivity index (χ0v) is 19.6. The molecule has 0 saturated carbocycles. The SMILES string of the molecule is C[Si](C)(C)C1=C[C@@H](COCc2ccccc2)O[C@@]2(C1)C(=O)Nc1cccc(Br)c12. The molecular formula is C23H26BrNO3Si. The topological polar surface area (TPSA) is 47.6 Å². The lowest BCUT2D eigenvalue weighted by Gasteiger charge is -2.40. The second-order valence-corrected chi connectivity index (χ2v) is 14.7. The Kier molecular flexibility index (Phi) is 5.55. The number of halogens is 1. The van der Waals surface area contributed by atoms with Crippen LogP contribution in [-0.2, 0) is 26.5 Å². The van der Waals surface area contributed by atoms with Crippen LogP contribution in [0.1, 0.15) is 17.5 Å². The molecule has 1 spiro atoms. The number of fused-ring (bicyclic) bond motifs is 2. The first kappa shape index (κ1) is 20.5. The Morgan fingerprint density at radius 3 is 2.66 bits per heavy atom. The molecule has 0 bridgehead atoms. The number of ether oxygens (including phenoxy) is 2. The third-order valence-corrected chi connectivity index (χ3v) is 8.50. The highest BCUT2D eigenvalue weighted by Crippen LogP contribution is 2.50. The molecule has 2 heterocycles. The van der Waals surface area contributed by atoms with E-state index in [-0.39, 0.29) is 12.0 Å². The van der Waals surface area contributed by atoms with E-state index in [1.54, 1.807) is 0 Å². The molecule has 152 valence electrons. The Labute approximate surface area is 181 Å². The number of amides is 1. The Hall–Kier alpha value is -1.73. The summed E-state index contributed by atoms with van der Waals surface area (Å²) in [6, 6.07) is 15.9. The molecule has 2 aromatic carbocycles. The fourth-order valence-corrected chi connectivity index (χ4v) is 6.16. The number of carbonyl (C=O) groups is 1. The largest absolute Gasteiger partial charge is 0.374 e. The smallest absolute Gasteiger partial charge is 0.261 e. The van der Waals surface area contributed by atoms with Crippen molar-refractivity contribution in [1.29, 1.82) is 0 Å². The minimum Gasteiger partial charge on any atom is -0.374 e. The molecule has 4 nitrogen and oxygen atoms in total. The second-order valence-electron chi connectivity index (χ2n) is 8.72. The maximum atomic E-state index is 13.2. The Bertz CT molecular complexity index is 954. The van der Waals surface area contributed by atoms with E-state index >= 15 is 0 Å². The van der Waals surface area contributed by atoms with Crippen LogP contribution in [0, 0.1) is 0 Å². The average molecular weight is 472 g/mol. The van der Waals surface area contributed by atoms with E-state index in [2.05, 4.69) is 47.0 Å². The standard InChI is InChI=1S/C23H26BrNO3Si/c1-29(2,3)18-12-17(15-27-14-16-8-5-4-6-9-16)28-23(13-18)21-19(24)10-7-11-20(21)25-22(23)26/h4-12,17H,13-15H2,1-3H3,(H,25,26)/t17-,23+/m0/s1. The minimum atomic E-state index is -1.63. The zero-order chi connectivity index (χ0) is 20.6. The molecule has 2 aliphatic rings. The minimum absolute atomic E-state index is 0.0868. The summed E-state index contributed by atoms with van der Waals surface area (Å²) >= 11 is 3.65. The van der Waals surface area contributed by atoms with Crippen molar-refractivity contribution in [2.75, 3.05) is 11.9 Å². The van der Waals surface area contributed by atoms with Crippen LogP contribution in [0.2, 0.25) is 19.6 Å². The van der Waals surface area contributed by atoms with Crippen LogP contribution >= 0.6 is 15.9 Å². The molecule has 0 unspecified atom stereocenters. The van der Waals surface area contributed by atoms with Gasteiger partial charge >= 0.3 is 0 Å². The number of benzene rings is 2. The number of nitrogens with one attached hydrogen (secondary N) is 1. The lowest BCUT2D eigenvalue weighted by Crippen LogP contribution is -2.47. The summed E-state index contributed by atoms with van der Waals surface area (Å²) in [6.45, 7) is 7.88. The van der Waals surface area contributed by atoms with Gasteiger partial charge in [0.15, 0.2) is 5.60 Å². The van der Waals surface area contributed by atoms with Crippen molar-refractivity contribution in [1.82, 2.24) is 0 Å². The zero-order valence-electron chi connectivity index (χ0n) is 17.0. The average Bonchev–Trinajstić information content (AvgIpc) is 2.94. The van der Waals surface area contributed by atoms with Crippen LogP contribution in [0.5, 0.6) is 0 Å². The molecule has 0 aliphatic carbocycles. The van der Waals surface area contributed by atoms with Crippen molar-refractivity contribution in [3.63, 3.8) is 0 Å². The Balaban J connectivity index is 1.63. The van der Waals surface area contributed by atoms with Crippen molar-refractivity contribution in [3.05, 3.63) is 75.4 Å². The summed E-state index contributed by atoms with van der Waals surface area (Å²) < 4.78 is 13.4. The summed E-state index contributed by atoms with van der Waals surface area (Å²) in [5.74, 6) is -0.0868. The van der Waals surface area contributed by atoms with Gasteiger partial charge in [0.25, 0.3) is 5.91 Å². The van der Waals surface area contributed by atoms with Gasteiger partial charge in [0.2, 0.25) is 0 Å². The molecule has 0 saturated heterocycles. The van der Waals surface area contributed by atoms with Gasteiger partial charge in [-0.3, -0.25) is 4.79 Å². The van der Waals surface area contributed by atoms with Crippen molar-refractivity contribution in [3.8, 4) is 0 Å². The fourth-order valence-electron chi connectivity index (χ4n) is 4.01. The van der Waals surface area contributed by atoms with Crippen LogP contribution < -0.4 is 5.32 Å². The van der Waals surface area contributed by atoms with Gasteiger partial charge in [0, 0.05) is 22.1 Å². The van der Waals surface area contributed by atoms with E-state index in [1.165, 1.54) is 5.20 Å². The molecule has 4 rings (SSSR count). The lowest BCUT2D eigenvalue weighted by molar-refractivity contribution is -0.153. The van der Waals surface area contributed by atoms with Gasteiger partial charge in [0.1, 0.15) is 6.10 Å². The normalized spacial score (nSPS) is 23.7. The molecule has 0 fully saturated rings. The highest BCUT2D eigenvalue weighted by Gasteiger charge is 2.53. The summed E-state index contributed by atoms with van der Waals surface area (Å²) in [5, 5.41) is 4.37. The van der Waals surface area contributed by atoms with Crippen LogP contribution in [0.3, 0.4) is 0 Å². The molecule has 0 aromatic heterocycles. The van der Waals surface area contributed by atoms with Crippen molar-refractivity contribution >= 4 is 35.6 Å². The van der Waals surface area contributed by atoms with E-state index in [1.807, 2.05) is 48.5 Å². The van der Waals surface area contributed by atoms with Gasteiger partial charge in [-0.1, -0.05) is 83.2 Å². The summed E-state index contributed by atoms with van der Waals surface area (Å²) in [4.78, 5) is 13.2. The van der Waals surface area contributed by atoms with Crippen molar-refractivity contribution in [2.45, 2.75) is 44.4 Å². The van der Waals surface area contributed by atoms with Gasteiger partial charge in [-0.25, -0.2) is 0 Å². The summed E-state index contributed by atoms with van der Waals surface area (Å²) in [5.41, 5.74) is 1.85. The van der Waals surface area contributed by atoms with E-state index in [0.29, 0.717) is 19.6 Å². The molecule has 29 heavy (non-hydrogen) atoms. The molecule has 6 heteroatoms. The van der Waals surface area contributed by atoms with Crippen molar-refractivity contribution < 1.29 is 14.3 Å². The maximum absolute atomic E-state index is 13.2. The molecule has 1 N–H and O–H groups in total. The molecule has 2 aromatic rings. The second kappa shape index (κ2) is 7.83. The molecular weight excluding hydrogens is 446 g/mol.